The van der Waals surface area contributed by atoms with E-state index in [4.69, 9.17) is 9.47 Å². The van der Waals surface area contributed by atoms with Gasteiger partial charge in [-0.25, -0.2) is 4.68 Å². The minimum Gasteiger partial charge on any atom is -0.545 e. The molecule has 0 amide bonds. The van der Waals surface area contributed by atoms with Crippen LogP contribution in [0.15, 0.2) is 48.7 Å². The Hall–Kier alpha value is -3.16. The van der Waals surface area contributed by atoms with Crippen LogP contribution >= 0.6 is 0 Å². The highest BCUT2D eigenvalue weighted by Crippen LogP contribution is 2.29. The minimum atomic E-state index is -1.31. The minimum absolute atomic E-state index is 0.0548. The van der Waals surface area contributed by atoms with Crippen molar-refractivity contribution in [2.45, 2.75) is 13.8 Å². The largest absolute Gasteiger partial charge is 0.545 e. The van der Waals surface area contributed by atoms with E-state index in [0.29, 0.717) is 26.4 Å². The summed E-state index contributed by atoms with van der Waals surface area (Å²) >= 11 is 0. The SMILES string of the molecule is Cc1cccc(C)c1-c1ccc(-n2ncc(C(=O)[O-])c2OCCN2CCOCC2)cc1. The van der Waals surface area contributed by atoms with Crippen LogP contribution in [0.2, 0.25) is 0 Å². The van der Waals surface area contributed by atoms with Gasteiger partial charge >= 0.3 is 0 Å². The van der Waals surface area contributed by atoms with Crippen molar-refractivity contribution in [3.8, 4) is 22.7 Å². The molecule has 0 radical (unpaired) electrons. The van der Waals surface area contributed by atoms with E-state index in [1.165, 1.54) is 27.6 Å². The molecule has 0 atom stereocenters. The van der Waals surface area contributed by atoms with Gasteiger partial charge in [-0.1, -0.05) is 30.3 Å². The van der Waals surface area contributed by atoms with Crippen molar-refractivity contribution in [1.82, 2.24) is 14.7 Å². The molecular weight excluding hydrogens is 394 g/mol. The lowest BCUT2D eigenvalue weighted by Gasteiger charge is -2.26. The fraction of sp³-hybridized carbons (Fsp3) is 0.333. The number of benzene rings is 2. The first-order chi connectivity index (χ1) is 15.0. The number of carbonyl (C=O) groups is 1. The summed E-state index contributed by atoms with van der Waals surface area (Å²) < 4.78 is 12.7. The Kier molecular flexibility index (Phi) is 6.34. The Labute approximate surface area is 181 Å². The summed E-state index contributed by atoms with van der Waals surface area (Å²) in [4.78, 5) is 13.8. The van der Waals surface area contributed by atoms with Crippen LogP contribution in [0.3, 0.4) is 0 Å². The summed E-state index contributed by atoms with van der Waals surface area (Å²) in [5, 5.41) is 15.8. The van der Waals surface area contributed by atoms with Crippen LogP contribution in [0.1, 0.15) is 21.5 Å². The second kappa shape index (κ2) is 9.32. The van der Waals surface area contributed by atoms with Crippen molar-refractivity contribution in [2.24, 2.45) is 0 Å². The molecule has 1 fully saturated rings. The van der Waals surface area contributed by atoms with Gasteiger partial charge < -0.3 is 19.4 Å². The number of hydrogen-bond donors (Lipinski definition) is 0. The highest BCUT2D eigenvalue weighted by atomic mass is 16.5. The van der Waals surface area contributed by atoms with E-state index in [1.54, 1.807) is 0 Å². The van der Waals surface area contributed by atoms with Crippen LogP contribution in [0.5, 0.6) is 5.88 Å². The predicted octanol–water partition coefficient (Wildman–Crippen LogP) is 2.23. The number of ether oxygens (including phenoxy) is 2. The number of aromatic carboxylic acids is 1. The first-order valence-corrected chi connectivity index (χ1v) is 10.4. The molecule has 1 aliphatic rings. The Bertz CT molecular complexity index is 1030. The number of aryl methyl sites for hydroxylation is 2. The molecule has 2 heterocycles. The van der Waals surface area contributed by atoms with E-state index < -0.39 is 5.97 Å². The van der Waals surface area contributed by atoms with Crippen molar-refractivity contribution in [1.29, 1.82) is 0 Å². The van der Waals surface area contributed by atoms with Gasteiger partial charge in [-0.3, -0.25) is 4.90 Å². The summed E-state index contributed by atoms with van der Waals surface area (Å²) in [6.07, 6.45) is 1.28. The van der Waals surface area contributed by atoms with Crippen molar-refractivity contribution in [2.75, 3.05) is 39.5 Å². The molecule has 162 valence electrons. The van der Waals surface area contributed by atoms with Crippen molar-refractivity contribution in [3.05, 3.63) is 65.4 Å². The van der Waals surface area contributed by atoms with Crippen LogP contribution in [-0.4, -0.2) is 60.1 Å². The summed E-state index contributed by atoms with van der Waals surface area (Å²) in [5.74, 6) is -1.12. The van der Waals surface area contributed by atoms with Gasteiger partial charge in [0.2, 0.25) is 5.88 Å². The topological polar surface area (TPSA) is 79.7 Å². The fourth-order valence-electron chi connectivity index (χ4n) is 3.94. The van der Waals surface area contributed by atoms with Gasteiger partial charge in [-0.05, 0) is 48.2 Å². The third-order valence-electron chi connectivity index (χ3n) is 5.58. The Morgan fingerprint density at radius 1 is 1.10 bits per heavy atom. The van der Waals surface area contributed by atoms with Crippen LogP contribution in [-0.2, 0) is 4.74 Å². The fourth-order valence-corrected chi connectivity index (χ4v) is 3.94. The average molecular weight is 420 g/mol. The van der Waals surface area contributed by atoms with E-state index in [-0.39, 0.29) is 11.4 Å². The maximum atomic E-state index is 11.6. The van der Waals surface area contributed by atoms with E-state index in [9.17, 15) is 9.90 Å². The van der Waals surface area contributed by atoms with Crippen LogP contribution in [0.4, 0.5) is 0 Å². The van der Waals surface area contributed by atoms with Gasteiger partial charge in [-0.15, -0.1) is 0 Å². The standard InChI is InChI=1S/C24H27N3O4/c1-17-4-3-5-18(2)22(17)19-6-8-20(9-7-19)27-23(21(16-25-27)24(28)29)31-15-12-26-10-13-30-14-11-26/h3-9,16H,10-15H2,1-2H3,(H,28,29)/p-1. The first-order valence-electron chi connectivity index (χ1n) is 10.4. The molecule has 1 saturated heterocycles. The number of carboxylic acid groups (broad SMARTS) is 1. The number of nitrogens with zero attached hydrogens (tertiary/aromatic N) is 3. The lowest BCUT2D eigenvalue weighted by Crippen LogP contribution is -2.38. The number of hydrogen-bond acceptors (Lipinski definition) is 6. The number of rotatable bonds is 7. The van der Waals surface area contributed by atoms with E-state index in [0.717, 1.165) is 24.3 Å². The lowest BCUT2D eigenvalue weighted by atomic mass is 9.96. The molecule has 0 unspecified atom stereocenters. The molecule has 3 aromatic rings. The first kappa shape index (κ1) is 21.1. The van der Waals surface area contributed by atoms with Crippen molar-refractivity contribution in [3.63, 3.8) is 0 Å². The Balaban J connectivity index is 1.56. The third-order valence-corrected chi connectivity index (χ3v) is 5.58. The highest BCUT2D eigenvalue weighted by Gasteiger charge is 2.17. The zero-order valence-electron chi connectivity index (χ0n) is 17.8. The molecule has 0 spiro atoms. The maximum Gasteiger partial charge on any atom is 0.226 e. The third kappa shape index (κ3) is 4.62. The zero-order valence-corrected chi connectivity index (χ0v) is 17.8. The van der Waals surface area contributed by atoms with Gasteiger partial charge in [0.05, 0.1) is 36.6 Å². The summed E-state index contributed by atoms with van der Waals surface area (Å²) in [6, 6.07) is 14.1. The number of morpholine rings is 1. The van der Waals surface area contributed by atoms with E-state index in [1.807, 2.05) is 30.3 Å². The van der Waals surface area contributed by atoms with Crippen LogP contribution in [0.25, 0.3) is 16.8 Å². The van der Waals surface area contributed by atoms with Crippen molar-refractivity contribution < 1.29 is 19.4 Å². The molecule has 7 heteroatoms. The number of carboxylic acids is 1. The predicted molar refractivity (Wildman–Crippen MR) is 116 cm³/mol. The van der Waals surface area contributed by atoms with Gasteiger partial charge in [0.15, 0.2) is 0 Å². The maximum absolute atomic E-state index is 11.6. The van der Waals surface area contributed by atoms with E-state index >= 15 is 0 Å². The summed E-state index contributed by atoms with van der Waals surface area (Å²) in [7, 11) is 0. The smallest absolute Gasteiger partial charge is 0.226 e. The molecule has 4 rings (SSSR count). The zero-order chi connectivity index (χ0) is 21.8. The second-order valence-electron chi connectivity index (χ2n) is 7.68. The number of carbonyl (C=O) groups excluding carboxylic acids is 1. The molecule has 0 aliphatic carbocycles. The monoisotopic (exact) mass is 420 g/mol. The summed E-state index contributed by atoms with van der Waals surface area (Å²) in [6.45, 7) is 8.32. The van der Waals surface area contributed by atoms with Gasteiger partial charge in [0, 0.05) is 19.6 Å². The molecule has 0 N–H and O–H groups in total. The average Bonchev–Trinajstić information content (AvgIpc) is 3.19. The molecule has 0 saturated carbocycles. The normalized spacial score (nSPS) is 14.5. The number of aromatic nitrogens is 2. The lowest BCUT2D eigenvalue weighted by molar-refractivity contribution is -0.255. The molecule has 1 aromatic heterocycles. The molecule has 2 aromatic carbocycles. The van der Waals surface area contributed by atoms with Crippen LogP contribution in [0, 0.1) is 13.8 Å². The quantitative estimate of drug-likeness (QED) is 0.583. The van der Waals surface area contributed by atoms with Gasteiger partial charge in [0.1, 0.15) is 6.61 Å². The Morgan fingerprint density at radius 2 is 1.77 bits per heavy atom. The molecular formula is C24H26N3O4-. The molecule has 0 bridgehead atoms. The molecule has 31 heavy (non-hydrogen) atoms. The van der Waals surface area contributed by atoms with Crippen molar-refractivity contribution >= 4 is 5.97 Å². The van der Waals surface area contributed by atoms with Crippen LogP contribution < -0.4 is 9.84 Å². The molecule has 7 nitrogen and oxygen atoms in total. The highest BCUT2D eigenvalue weighted by molar-refractivity contribution is 5.88. The van der Waals surface area contributed by atoms with Gasteiger partial charge in [0.25, 0.3) is 0 Å². The van der Waals surface area contributed by atoms with E-state index in [2.05, 4.69) is 36.0 Å². The summed E-state index contributed by atoms with van der Waals surface area (Å²) in [5.41, 5.74) is 5.38. The van der Waals surface area contributed by atoms with Gasteiger partial charge in [-0.2, -0.15) is 5.10 Å². The molecule has 1 aliphatic heterocycles. The second-order valence-corrected chi connectivity index (χ2v) is 7.68. The Morgan fingerprint density at radius 3 is 2.42 bits per heavy atom.